The van der Waals surface area contributed by atoms with Crippen LogP contribution in [0.3, 0.4) is 0 Å². The molecular formula is C23H26N4O2. The van der Waals surface area contributed by atoms with E-state index in [2.05, 4.69) is 20.6 Å². The number of anilines is 2. The zero-order chi connectivity index (χ0) is 20.8. The minimum Gasteiger partial charge on any atom is -0.489 e. The maximum atomic E-state index is 13.0. The van der Waals surface area contributed by atoms with Crippen LogP contribution in [0.15, 0.2) is 60.7 Å². The summed E-state index contributed by atoms with van der Waals surface area (Å²) in [7, 11) is 0. The van der Waals surface area contributed by atoms with Gasteiger partial charge >= 0.3 is 0 Å². The first-order chi connectivity index (χ1) is 13.9. The van der Waals surface area contributed by atoms with E-state index in [-0.39, 0.29) is 23.7 Å². The zero-order valence-corrected chi connectivity index (χ0v) is 17.1. The molecule has 2 N–H and O–H groups in total. The molecule has 0 bridgehead atoms. The summed E-state index contributed by atoms with van der Waals surface area (Å²) in [5.74, 6) is 1.39. The summed E-state index contributed by atoms with van der Waals surface area (Å²) >= 11 is 0. The quantitative estimate of drug-likeness (QED) is 0.593. The van der Waals surface area contributed by atoms with Gasteiger partial charge < -0.3 is 15.4 Å². The number of hydrogen-bond acceptors (Lipinski definition) is 5. The predicted octanol–water partition coefficient (Wildman–Crippen LogP) is 5.00. The Balaban J connectivity index is 1.94. The van der Waals surface area contributed by atoms with Crippen LogP contribution in [0.5, 0.6) is 5.75 Å². The Morgan fingerprint density at radius 3 is 2.31 bits per heavy atom. The summed E-state index contributed by atoms with van der Waals surface area (Å²) in [5.41, 5.74) is 1.73. The molecule has 150 valence electrons. The summed E-state index contributed by atoms with van der Waals surface area (Å²) < 4.78 is 5.79. The van der Waals surface area contributed by atoms with Crippen molar-refractivity contribution >= 4 is 17.4 Å². The lowest BCUT2D eigenvalue weighted by molar-refractivity contribution is 0.102. The normalized spacial score (nSPS) is 10.8. The Bertz CT molecular complexity index is 972. The number of carbonyl (C=O) groups excluding carboxylic acids is 1. The van der Waals surface area contributed by atoms with Crippen molar-refractivity contribution in [3.05, 3.63) is 66.4 Å². The van der Waals surface area contributed by atoms with Crippen LogP contribution >= 0.6 is 0 Å². The number of hydrogen-bond donors (Lipinski definition) is 2. The van der Waals surface area contributed by atoms with E-state index in [1.807, 2.05) is 82.3 Å². The van der Waals surface area contributed by atoms with E-state index in [9.17, 15) is 4.79 Å². The van der Waals surface area contributed by atoms with Crippen LogP contribution in [-0.2, 0) is 0 Å². The fraction of sp³-hybridized carbons (Fsp3) is 0.261. The third-order valence-electron chi connectivity index (χ3n) is 3.93. The van der Waals surface area contributed by atoms with Gasteiger partial charge in [-0.15, -0.1) is 0 Å². The highest BCUT2D eigenvalue weighted by Crippen LogP contribution is 2.26. The molecule has 0 aliphatic carbocycles. The standard InChI is InChI=1S/C23H26N4O2/c1-15(2)24-21-14-19(25-22(27-21)17-10-6-5-7-11-17)23(28)26-18-12-8-9-13-20(18)29-16(3)4/h5-16H,1-4H3,(H,26,28)(H,24,25,27). The Morgan fingerprint density at radius 2 is 1.62 bits per heavy atom. The summed E-state index contributed by atoms with van der Waals surface area (Å²) in [6.07, 6.45) is -0.00127. The molecule has 6 heteroatoms. The van der Waals surface area contributed by atoms with Crippen LogP contribution in [0.2, 0.25) is 0 Å². The molecule has 0 aliphatic heterocycles. The van der Waals surface area contributed by atoms with Gasteiger partial charge in [-0.2, -0.15) is 0 Å². The van der Waals surface area contributed by atoms with Crippen molar-refractivity contribution in [3.63, 3.8) is 0 Å². The van der Waals surface area contributed by atoms with Gasteiger partial charge in [0.15, 0.2) is 5.82 Å². The second kappa shape index (κ2) is 9.19. The molecule has 0 atom stereocenters. The SMILES string of the molecule is CC(C)Nc1cc(C(=O)Nc2ccccc2OC(C)C)nc(-c2ccccc2)n1. The first-order valence-corrected chi connectivity index (χ1v) is 9.70. The van der Waals surface area contributed by atoms with Crippen molar-refractivity contribution in [1.82, 2.24) is 9.97 Å². The lowest BCUT2D eigenvalue weighted by Crippen LogP contribution is -2.18. The van der Waals surface area contributed by atoms with Crippen molar-refractivity contribution in [2.24, 2.45) is 0 Å². The molecule has 2 aromatic carbocycles. The number of amides is 1. The van der Waals surface area contributed by atoms with Gasteiger partial charge in [-0.3, -0.25) is 4.79 Å². The molecule has 0 radical (unpaired) electrons. The fourth-order valence-electron chi connectivity index (χ4n) is 2.76. The van der Waals surface area contributed by atoms with Crippen LogP contribution in [0.25, 0.3) is 11.4 Å². The van der Waals surface area contributed by atoms with Crippen LogP contribution in [-0.4, -0.2) is 28.0 Å². The van der Waals surface area contributed by atoms with E-state index >= 15 is 0 Å². The first kappa shape index (κ1) is 20.3. The average molecular weight is 390 g/mol. The van der Waals surface area contributed by atoms with Gasteiger partial charge in [-0.25, -0.2) is 9.97 Å². The molecule has 1 aromatic heterocycles. The molecule has 1 heterocycles. The van der Waals surface area contributed by atoms with Gasteiger partial charge in [0.05, 0.1) is 11.8 Å². The number of para-hydroxylation sites is 2. The summed E-state index contributed by atoms with van der Waals surface area (Å²) in [4.78, 5) is 22.0. The maximum absolute atomic E-state index is 13.0. The van der Waals surface area contributed by atoms with Crippen molar-refractivity contribution < 1.29 is 9.53 Å². The number of rotatable bonds is 7. The molecule has 29 heavy (non-hydrogen) atoms. The molecule has 0 saturated heterocycles. The second-order valence-electron chi connectivity index (χ2n) is 7.24. The van der Waals surface area contributed by atoms with Crippen LogP contribution in [0.4, 0.5) is 11.5 Å². The number of aromatic nitrogens is 2. The smallest absolute Gasteiger partial charge is 0.274 e. The van der Waals surface area contributed by atoms with Gasteiger partial charge in [-0.05, 0) is 39.8 Å². The third kappa shape index (κ3) is 5.54. The third-order valence-corrected chi connectivity index (χ3v) is 3.93. The van der Waals surface area contributed by atoms with Gasteiger partial charge in [0.1, 0.15) is 17.3 Å². The van der Waals surface area contributed by atoms with E-state index in [0.717, 1.165) is 5.56 Å². The molecule has 3 rings (SSSR count). The molecule has 0 aliphatic rings. The summed E-state index contributed by atoms with van der Waals surface area (Å²) in [6, 6.07) is 18.8. The highest BCUT2D eigenvalue weighted by molar-refractivity contribution is 6.04. The fourth-order valence-corrected chi connectivity index (χ4v) is 2.76. The van der Waals surface area contributed by atoms with Gasteiger partial charge in [0, 0.05) is 17.7 Å². The molecule has 3 aromatic rings. The topological polar surface area (TPSA) is 76.1 Å². The van der Waals surface area contributed by atoms with E-state index < -0.39 is 0 Å². The van der Waals surface area contributed by atoms with Crippen LogP contribution < -0.4 is 15.4 Å². The van der Waals surface area contributed by atoms with E-state index in [1.165, 1.54) is 0 Å². The summed E-state index contributed by atoms with van der Waals surface area (Å²) in [5, 5.41) is 6.17. The van der Waals surface area contributed by atoms with Crippen molar-refractivity contribution in [2.45, 2.75) is 39.8 Å². The maximum Gasteiger partial charge on any atom is 0.274 e. The number of carbonyl (C=O) groups is 1. The Morgan fingerprint density at radius 1 is 0.931 bits per heavy atom. The van der Waals surface area contributed by atoms with Gasteiger partial charge in [-0.1, -0.05) is 42.5 Å². The van der Waals surface area contributed by atoms with Gasteiger partial charge in [0.2, 0.25) is 0 Å². The molecule has 0 saturated carbocycles. The number of ether oxygens (including phenoxy) is 1. The monoisotopic (exact) mass is 390 g/mol. The number of nitrogens with one attached hydrogen (secondary N) is 2. The molecule has 0 spiro atoms. The predicted molar refractivity (Wildman–Crippen MR) is 116 cm³/mol. The average Bonchev–Trinajstić information content (AvgIpc) is 2.69. The van der Waals surface area contributed by atoms with Crippen molar-refractivity contribution in [3.8, 4) is 17.1 Å². The second-order valence-corrected chi connectivity index (χ2v) is 7.24. The largest absolute Gasteiger partial charge is 0.489 e. The molecular weight excluding hydrogens is 364 g/mol. The van der Waals surface area contributed by atoms with E-state index in [0.29, 0.717) is 23.1 Å². The summed E-state index contributed by atoms with van der Waals surface area (Å²) in [6.45, 7) is 7.92. The van der Waals surface area contributed by atoms with Crippen LogP contribution in [0, 0.1) is 0 Å². The Kier molecular flexibility index (Phi) is 6.44. The van der Waals surface area contributed by atoms with E-state index in [4.69, 9.17) is 4.74 Å². The zero-order valence-electron chi connectivity index (χ0n) is 17.1. The lowest BCUT2D eigenvalue weighted by atomic mass is 10.2. The van der Waals surface area contributed by atoms with Gasteiger partial charge in [0.25, 0.3) is 5.91 Å². The number of nitrogens with zero attached hydrogens (tertiary/aromatic N) is 2. The minimum atomic E-state index is -0.323. The van der Waals surface area contributed by atoms with Crippen LogP contribution in [0.1, 0.15) is 38.2 Å². The molecule has 0 unspecified atom stereocenters. The van der Waals surface area contributed by atoms with Crippen molar-refractivity contribution in [1.29, 1.82) is 0 Å². The highest BCUT2D eigenvalue weighted by atomic mass is 16.5. The number of benzene rings is 2. The highest BCUT2D eigenvalue weighted by Gasteiger charge is 2.16. The Hall–Kier alpha value is -3.41. The van der Waals surface area contributed by atoms with E-state index in [1.54, 1.807) is 6.07 Å². The molecule has 6 nitrogen and oxygen atoms in total. The first-order valence-electron chi connectivity index (χ1n) is 9.70. The molecule has 0 fully saturated rings. The lowest BCUT2D eigenvalue weighted by Gasteiger charge is -2.15. The van der Waals surface area contributed by atoms with Crippen molar-refractivity contribution in [2.75, 3.05) is 10.6 Å². The minimum absolute atomic E-state index is 0.00127. The molecule has 1 amide bonds. The Labute approximate surface area is 171 Å².